The molecule has 1 amide bonds. The second-order valence-electron chi connectivity index (χ2n) is 2.17. The molecule has 0 aromatic carbocycles. The number of halogens is 1. The van der Waals surface area contributed by atoms with E-state index in [9.17, 15) is 9.59 Å². The fourth-order valence-electron chi connectivity index (χ4n) is 0.692. The van der Waals surface area contributed by atoms with E-state index in [1.54, 1.807) is 11.4 Å². The largest absolute Gasteiger partial charge is 0.480 e. The Hall–Kier alpha value is -0.630. The highest BCUT2D eigenvalue weighted by molar-refractivity contribution is 14.1. The zero-order chi connectivity index (χ0) is 9.84. The van der Waals surface area contributed by atoms with Gasteiger partial charge in [0.05, 0.1) is 0 Å². The maximum Gasteiger partial charge on any atom is 0.322 e. The molecule has 70 valence electrons. The maximum absolute atomic E-state index is 11.3. The average Bonchev–Trinajstić information content (AvgIpc) is 2.47. The van der Waals surface area contributed by atoms with Gasteiger partial charge in [0.1, 0.15) is 11.4 Å². The lowest BCUT2D eigenvalue weighted by Gasteiger charge is -1.99. The van der Waals surface area contributed by atoms with E-state index in [1.807, 2.05) is 22.6 Å². The number of carbonyl (C=O) groups excluding carboxylic acids is 1. The third-order valence-electron chi connectivity index (χ3n) is 1.22. The summed E-state index contributed by atoms with van der Waals surface area (Å²) in [5.74, 6) is -1.37. The lowest BCUT2D eigenvalue weighted by molar-refractivity contribution is -0.135. The van der Waals surface area contributed by atoms with Crippen LogP contribution in [0.15, 0.2) is 11.4 Å². The molecule has 0 unspecified atom stereocenters. The third-order valence-corrected chi connectivity index (χ3v) is 3.40. The molecule has 1 heterocycles. The maximum atomic E-state index is 11.3. The number of carboxylic acid groups (broad SMARTS) is 1. The van der Waals surface area contributed by atoms with Gasteiger partial charge in [0.25, 0.3) is 5.91 Å². The molecule has 2 N–H and O–H groups in total. The van der Waals surface area contributed by atoms with Crippen molar-refractivity contribution in [3.63, 3.8) is 0 Å². The van der Waals surface area contributed by atoms with Gasteiger partial charge in [0.2, 0.25) is 0 Å². The summed E-state index contributed by atoms with van der Waals surface area (Å²) in [6, 6.07) is 1.81. The highest BCUT2D eigenvalue weighted by Crippen LogP contribution is 2.18. The summed E-state index contributed by atoms with van der Waals surface area (Å²) in [6.07, 6.45) is 0. The summed E-state index contributed by atoms with van der Waals surface area (Å²) < 4.78 is 0.838. The number of hydrogen-bond donors (Lipinski definition) is 2. The van der Waals surface area contributed by atoms with Crippen LogP contribution in [0.4, 0.5) is 0 Å². The second kappa shape index (κ2) is 4.56. The van der Waals surface area contributed by atoms with Gasteiger partial charge < -0.3 is 10.4 Å². The highest BCUT2D eigenvalue weighted by atomic mass is 127. The van der Waals surface area contributed by atoms with E-state index in [-0.39, 0.29) is 12.5 Å². The van der Waals surface area contributed by atoms with Crippen molar-refractivity contribution in [3.05, 3.63) is 19.9 Å². The fraction of sp³-hybridized carbons (Fsp3) is 0.143. The lowest BCUT2D eigenvalue weighted by Crippen LogP contribution is -2.28. The van der Waals surface area contributed by atoms with E-state index in [1.165, 1.54) is 11.3 Å². The number of amides is 1. The van der Waals surface area contributed by atoms with E-state index in [4.69, 9.17) is 5.11 Å². The van der Waals surface area contributed by atoms with Gasteiger partial charge in [-0.2, -0.15) is 0 Å². The van der Waals surface area contributed by atoms with Gasteiger partial charge in [0.15, 0.2) is 0 Å². The monoisotopic (exact) mass is 311 g/mol. The minimum absolute atomic E-state index is 0.332. The summed E-state index contributed by atoms with van der Waals surface area (Å²) in [5, 5.41) is 12.4. The van der Waals surface area contributed by atoms with Crippen LogP contribution >= 0.6 is 33.9 Å². The average molecular weight is 311 g/mol. The Kier molecular flexibility index (Phi) is 3.67. The molecule has 4 nitrogen and oxygen atoms in total. The third kappa shape index (κ3) is 2.96. The number of nitrogens with one attached hydrogen (secondary N) is 1. The number of carboxylic acids is 1. The Labute approximate surface area is 92.1 Å². The molecule has 0 aliphatic rings. The molecule has 0 bridgehead atoms. The molecule has 0 atom stereocenters. The van der Waals surface area contributed by atoms with Crippen molar-refractivity contribution >= 4 is 45.8 Å². The molecular formula is C7H6INO3S. The van der Waals surface area contributed by atoms with Gasteiger partial charge in [-0.05, 0) is 34.0 Å². The SMILES string of the molecule is O=C(O)CNC(=O)c1sccc1I. The highest BCUT2D eigenvalue weighted by Gasteiger charge is 2.11. The van der Waals surface area contributed by atoms with Crippen molar-refractivity contribution in [2.45, 2.75) is 0 Å². The standard InChI is InChI=1S/C7H6INO3S/c8-4-1-2-13-6(4)7(12)9-3-5(10)11/h1-2H,3H2,(H,9,12)(H,10,11). The number of thiophene rings is 1. The minimum Gasteiger partial charge on any atom is -0.480 e. The zero-order valence-electron chi connectivity index (χ0n) is 6.41. The molecule has 1 aromatic heterocycles. The molecule has 0 aliphatic carbocycles. The van der Waals surface area contributed by atoms with Crippen molar-refractivity contribution in [3.8, 4) is 0 Å². The van der Waals surface area contributed by atoms with Crippen molar-refractivity contribution in [2.75, 3.05) is 6.54 Å². The van der Waals surface area contributed by atoms with E-state index >= 15 is 0 Å². The predicted molar refractivity (Wildman–Crippen MR) is 57.0 cm³/mol. The van der Waals surface area contributed by atoms with E-state index in [0.717, 1.165) is 3.57 Å². The molecular weight excluding hydrogens is 305 g/mol. The van der Waals surface area contributed by atoms with E-state index in [0.29, 0.717) is 4.88 Å². The Morgan fingerprint density at radius 2 is 2.31 bits per heavy atom. The van der Waals surface area contributed by atoms with E-state index in [2.05, 4.69) is 5.32 Å². The van der Waals surface area contributed by atoms with Crippen LogP contribution in [-0.2, 0) is 4.79 Å². The number of aliphatic carboxylic acids is 1. The normalized spacial score (nSPS) is 9.62. The molecule has 0 spiro atoms. The molecule has 1 aromatic rings. The van der Waals surface area contributed by atoms with Gasteiger partial charge in [0, 0.05) is 3.57 Å². The first-order chi connectivity index (χ1) is 6.11. The van der Waals surface area contributed by atoms with E-state index < -0.39 is 5.97 Å². The number of hydrogen-bond acceptors (Lipinski definition) is 3. The van der Waals surface area contributed by atoms with Gasteiger partial charge in [-0.25, -0.2) is 0 Å². The second-order valence-corrected chi connectivity index (χ2v) is 4.25. The van der Waals surface area contributed by atoms with Crippen molar-refractivity contribution in [1.29, 1.82) is 0 Å². The summed E-state index contributed by atoms with van der Waals surface area (Å²) >= 11 is 3.33. The van der Waals surface area contributed by atoms with Gasteiger partial charge >= 0.3 is 5.97 Å². The Balaban J connectivity index is 2.59. The zero-order valence-corrected chi connectivity index (χ0v) is 9.39. The fourth-order valence-corrected chi connectivity index (χ4v) is 2.44. The Morgan fingerprint density at radius 1 is 1.62 bits per heavy atom. The first-order valence-electron chi connectivity index (χ1n) is 3.34. The Bertz CT molecular complexity index is 336. The molecule has 0 saturated carbocycles. The molecule has 0 saturated heterocycles. The molecule has 0 aliphatic heterocycles. The van der Waals surface area contributed by atoms with Crippen molar-refractivity contribution < 1.29 is 14.7 Å². The molecule has 13 heavy (non-hydrogen) atoms. The van der Waals surface area contributed by atoms with Crippen LogP contribution in [0.5, 0.6) is 0 Å². The topological polar surface area (TPSA) is 66.4 Å². The molecule has 0 fully saturated rings. The van der Waals surface area contributed by atoms with Crippen LogP contribution in [0.1, 0.15) is 9.67 Å². The lowest BCUT2D eigenvalue weighted by atomic mass is 10.4. The van der Waals surface area contributed by atoms with Gasteiger partial charge in [-0.3, -0.25) is 9.59 Å². The van der Waals surface area contributed by atoms with Gasteiger partial charge in [-0.1, -0.05) is 0 Å². The number of carbonyl (C=O) groups is 2. The van der Waals surface area contributed by atoms with Crippen LogP contribution in [0.2, 0.25) is 0 Å². The summed E-state index contributed by atoms with van der Waals surface area (Å²) in [6.45, 7) is -0.340. The van der Waals surface area contributed by atoms with Crippen LogP contribution < -0.4 is 5.32 Å². The molecule has 1 rings (SSSR count). The number of rotatable bonds is 3. The first kappa shape index (κ1) is 10.5. The first-order valence-corrected chi connectivity index (χ1v) is 5.30. The van der Waals surface area contributed by atoms with Crippen molar-refractivity contribution in [2.24, 2.45) is 0 Å². The Morgan fingerprint density at radius 3 is 2.77 bits per heavy atom. The van der Waals surface area contributed by atoms with Crippen LogP contribution in [0.3, 0.4) is 0 Å². The van der Waals surface area contributed by atoms with Crippen LogP contribution in [0.25, 0.3) is 0 Å². The predicted octanol–water partition coefficient (Wildman–Crippen LogP) is 1.17. The van der Waals surface area contributed by atoms with Crippen LogP contribution in [-0.4, -0.2) is 23.5 Å². The summed E-state index contributed by atoms with van der Waals surface area (Å²) in [5.41, 5.74) is 0. The van der Waals surface area contributed by atoms with Crippen molar-refractivity contribution in [1.82, 2.24) is 5.32 Å². The quantitative estimate of drug-likeness (QED) is 0.824. The van der Waals surface area contributed by atoms with Crippen LogP contribution in [0, 0.1) is 3.57 Å². The summed E-state index contributed by atoms with van der Waals surface area (Å²) in [7, 11) is 0. The smallest absolute Gasteiger partial charge is 0.322 e. The minimum atomic E-state index is -1.04. The summed E-state index contributed by atoms with van der Waals surface area (Å²) in [4.78, 5) is 22.0. The molecule has 0 radical (unpaired) electrons. The molecule has 6 heteroatoms. The van der Waals surface area contributed by atoms with Gasteiger partial charge in [-0.15, -0.1) is 11.3 Å².